The first-order valence-corrected chi connectivity index (χ1v) is 4.16. The summed E-state index contributed by atoms with van der Waals surface area (Å²) >= 11 is 0. The number of rotatable bonds is 3. The molecule has 0 bridgehead atoms. The summed E-state index contributed by atoms with van der Waals surface area (Å²) in [5, 5.41) is 17.4. The van der Waals surface area contributed by atoms with Gasteiger partial charge in [0.15, 0.2) is 0 Å². The van der Waals surface area contributed by atoms with Crippen LogP contribution in [0.15, 0.2) is 6.07 Å². The molecular weight excluding hydrogens is 220 g/mol. The molecule has 1 aromatic heterocycles. The first kappa shape index (κ1) is 12.0. The number of carboxylic acid groups (broad SMARTS) is 1. The van der Waals surface area contributed by atoms with Crippen molar-refractivity contribution in [2.75, 3.05) is 0 Å². The van der Waals surface area contributed by atoms with Crippen molar-refractivity contribution in [2.45, 2.75) is 13.0 Å². The fourth-order valence-corrected chi connectivity index (χ4v) is 1.20. The van der Waals surface area contributed by atoms with E-state index in [1.165, 1.54) is 6.07 Å². The lowest BCUT2D eigenvalue weighted by molar-refractivity contribution is 0.0681. The van der Waals surface area contributed by atoms with Crippen LogP contribution in [0.5, 0.6) is 0 Å². The van der Waals surface area contributed by atoms with Crippen molar-refractivity contribution in [3.8, 4) is 6.07 Å². The molecule has 0 atom stereocenters. The molecule has 7 heteroatoms. The quantitative estimate of drug-likeness (QED) is 0.803. The third kappa shape index (κ3) is 2.12. The lowest BCUT2D eigenvalue weighted by atomic mass is 10.1. The van der Waals surface area contributed by atoms with Crippen LogP contribution >= 0.6 is 0 Å². The molecule has 0 spiro atoms. The molecular formula is C9H7F2N3O2. The molecule has 0 fully saturated rings. The van der Waals surface area contributed by atoms with Crippen LogP contribution in [-0.2, 0) is 6.54 Å². The summed E-state index contributed by atoms with van der Waals surface area (Å²) in [6.07, 6.45) is -3.07. The minimum absolute atomic E-state index is 0.0526. The summed E-state index contributed by atoms with van der Waals surface area (Å²) in [5.74, 6) is -1.61. The van der Waals surface area contributed by atoms with Gasteiger partial charge in [-0.05, 0) is 6.07 Å². The van der Waals surface area contributed by atoms with Gasteiger partial charge in [-0.2, -0.15) is 5.26 Å². The molecule has 84 valence electrons. The number of nitrogens with two attached hydrogens (primary N) is 1. The van der Waals surface area contributed by atoms with Gasteiger partial charge in [0.25, 0.3) is 6.43 Å². The molecule has 3 N–H and O–H groups in total. The third-order valence-electron chi connectivity index (χ3n) is 1.85. The van der Waals surface area contributed by atoms with E-state index in [0.29, 0.717) is 0 Å². The zero-order chi connectivity index (χ0) is 12.3. The largest absolute Gasteiger partial charge is 0.478 e. The number of carboxylic acids is 1. The Kier molecular flexibility index (Phi) is 3.48. The number of hydrogen-bond donors (Lipinski definition) is 2. The summed E-state index contributed by atoms with van der Waals surface area (Å²) in [6.45, 7) is -0.145. The minimum atomic E-state index is -3.07. The number of aromatic carboxylic acids is 1. The van der Waals surface area contributed by atoms with E-state index in [1.54, 1.807) is 0 Å². The number of carbonyl (C=O) groups is 1. The number of nitrogens with zero attached hydrogens (tertiary/aromatic N) is 2. The predicted molar refractivity (Wildman–Crippen MR) is 48.8 cm³/mol. The van der Waals surface area contributed by atoms with Crippen molar-refractivity contribution < 1.29 is 18.7 Å². The second kappa shape index (κ2) is 4.63. The van der Waals surface area contributed by atoms with Gasteiger partial charge in [0, 0.05) is 6.54 Å². The second-order valence-electron chi connectivity index (χ2n) is 2.84. The van der Waals surface area contributed by atoms with E-state index in [1.807, 2.05) is 0 Å². The second-order valence-corrected chi connectivity index (χ2v) is 2.84. The molecule has 0 unspecified atom stereocenters. The fourth-order valence-electron chi connectivity index (χ4n) is 1.20. The zero-order valence-electron chi connectivity index (χ0n) is 7.94. The smallest absolute Gasteiger partial charge is 0.339 e. The molecule has 16 heavy (non-hydrogen) atoms. The normalized spacial score (nSPS) is 10.2. The lowest BCUT2D eigenvalue weighted by Crippen LogP contribution is -2.12. The van der Waals surface area contributed by atoms with E-state index in [4.69, 9.17) is 16.1 Å². The molecule has 0 aromatic carbocycles. The van der Waals surface area contributed by atoms with E-state index in [2.05, 4.69) is 4.98 Å². The summed E-state index contributed by atoms with van der Waals surface area (Å²) < 4.78 is 25.1. The fraction of sp³-hybridized carbons (Fsp3) is 0.222. The Morgan fingerprint density at radius 1 is 1.69 bits per heavy atom. The number of nitriles is 1. The highest BCUT2D eigenvalue weighted by Crippen LogP contribution is 2.24. The summed E-state index contributed by atoms with van der Waals surface area (Å²) in [5.41, 5.74) is 3.20. The maximum Gasteiger partial charge on any atom is 0.339 e. The lowest BCUT2D eigenvalue weighted by Gasteiger charge is -2.08. The summed E-state index contributed by atoms with van der Waals surface area (Å²) in [4.78, 5) is 14.2. The van der Waals surface area contributed by atoms with Gasteiger partial charge in [-0.15, -0.1) is 0 Å². The molecule has 1 heterocycles. The molecule has 0 aliphatic carbocycles. The average molecular weight is 227 g/mol. The first-order valence-electron chi connectivity index (χ1n) is 4.16. The van der Waals surface area contributed by atoms with Crippen LogP contribution in [-0.4, -0.2) is 16.1 Å². The van der Waals surface area contributed by atoms with Gasteiger partial charge in [0.1, 0.15) is 17.3 Å². The van der Waals surface area contributed by atoms with Crippen LogP contribution in [0.25, 0.3) is 0 Å². The van der Waals surface area contributed by atoms with Crippen molar-refractivity contribution >= 4 is 5.97 Å². The Morgan fingerprint density at radius 2 is 2.31 bits per heavy atom. The van der Waals surface area contributed by atoms with Gasteiger partial charge in [-0.1, -0.05) is 0 Å². The monoisotopic (exact) mass is 227 g/mol. The van der Waals surface area contributed by atoms with Crippen LogP contribution in [0.1, 0.15) is 33.7 Å². The zero-order valence-corrected chi connectivity index (χ0v) is 7.94. The Labute approximate surface area is 89.1 Å². The molecule has 0 aliphatic heterocycles. The Morgan fingerprint density at radius 3 is 2.69 bits per heavy atom. The van der Waals surface area contributed by atoms with Gasteiger partial charge in [-0.25, -0.2) is 18.6 Å². The number of alkyl halides is 2. The molecule has 0 radical (unpaired) electrons. The van der Waals surface area contributed by atoms with E-state index in [9.17, 15) is 13.6 Å². The minimum Gasteiger partial charge on any atom is -0.478 e. The molecule has 0 saturated carbocycles. The Bertz CT molecular complexity index is 469. The van der Waals surface area contributed by atoms with Gasteiger partial charge in [0.2, 0.25) is 0 Å². The van der Waals surface area contributed by atoms with Crippen LogP contribution in [0.2, 0.25) is 0 Å². The highest BCUT2D eigenvalue weighted by atomic mass is 19.3. The molecule has 5 nitrogen and oxygen atoms in total. The van der Waals surface area contributed by atoms with E-state index >= 15 is 0 Å². The number of pyridine rings is 1. The topological polar surface area (TPSA) is 100 Å². The van der Waals surface area contributed by atoms with Crippen LogP contribution < -0.4 is 5.73 Å². The standard InChI is InChI=1S/C9H7F2N3O2/c10-8(11)7-6(9(15)16)4(2-12)1-5(3-13)14-7/h1,8H,3,13H2,(H,15,16). The molecule has 1 aromatic rings. The third-order valence-corrected chi connectivity index (χ3v) is 1.85. The van der Waals surface area contributed by atoms with Gasteiger partial charge in [-0.3, -0.25) is 0 Å². The molecule has 0 saturated heterocycles. The first-order chi connectivity index (χ1) is 7.51. The van der Waals surface area contributed by atoms with E-state index in [0.717, 1.165) is 6.07 Å². The SMILES string of the molecule is N#Cc1cc(CN)nc(C(F)F)c1C(=O)O. The van der Waals surface area contributed by atoms with Crippen LogP contribution in [0.3, 0.4) is 0 Å². The molecule has 0 aliphatic rings. The summed E-state index contributed by atoms with van der Waals surface area (Å²) in [6, 6.07) is 2.63. The van der Waals surface area contributed by atoms with Crippen molar-refractivity contribution in [2.24, 2.45) is 5.73 Å². The average Bonchev–Trinajstić information content (AvgIpc) is 2.26. The predicted octanol–water partition coefficient (Wildman–Crippen LogP) is 1.05. The Hall–Kier alpha value is -2.07. The summed E-state index contributed by atoms with van der Waals surface area (Å²) in [7, 11) is 0. The highest BCUT2D eigenvalue weighted by Gasteiger charge is 2.24. The van der Waals surface area contributed by atoms with Crippen molar-refractivity contribution in [1.29, 1.82) is 5.26 Å². The molecule has 0 amide bonds. The van der Waals surface area contributed by atoms with Crippen LogP contribution in [0.4, 0.5) is 8.78 Å². The van der Waals surface area contributed by atoms with E-state index < -0.39 is 23.7 Å². The number of aromatic nitrogens is 1. The van der Waals surface area contributed by atoms with Crippen LogP contribution in [0, 0.1) is 11.3 Å². The Balaban J connectivity index is 3.55. The van der Waals surface area contributed by atoms with Crippen molar-refractivity contribution in [1.82, 2.24) is 4.98 Å². The maximum atomic E-state index is 12.5. The van der Waals surface area contributed by atoms with Gasteiger partial charge >= 0.3 is 5.97 Å². The maximum absolute atomic E-state index is 12.5. The molecule has 1 rings (SSSR count). The number of halogens is 2. The van der Waals surface area contributed by atoms with Crippen molar-refractivity contribution in [3.05, 3.63) is 28.6 Å². The highest BCUT2D eigenvalue weighted by molar-refractivity contribution is 5.92. The van der Waals surface area contributed by atoms with E-state index in [-0.39, 0.29) is 17.8 Å². The van der Waals surface area contributed by atoms with Gasteiger partial charge < -0.3 is 10.8 Å². The van der Waals surface area contributed by atoms with Gasteiger partial charge in [0.05, 0.1) is 11.3 Å². The van der Waals surface area contributed by atoms with Crippen molar-refractivity contribution in [3.63, 3.8) is 0 Å². The number of hydrogen-bond acceptors (Lipinski definition) is 4.